The molecule has 6 aromatic rings. The molecule has 0 aliphatic heterocycles. The van der Waals surface area contributed by atoms with E-state index in [0.717, 1.165) is 44.8 Å². The molecular formula is C20H13N7. The predicted octanol–water partition coefficient (Wildman–Crippen LogP) is 3.59. The van der Waals surface area contributed by atoms with Crippen molar-refractivity contribution in [3.63, 3.8) is 0 Å². The molecule has 0 aliphatic rings. The SMILES string of the molecule is c1ccn2cc(-c3cn4cc(-c5ccc6[nH]ncc6c5)nc4cn3)nc2c1. The van der Waals surface area contributed by atoms with Crippen LogP contribution in [0.1, 0.15) is 0 Å². The molecule has 0 fully saturated rings. The predicted molar refractivity (Wildman–Crippen MR) is 102 cm³/mol. The number of imidazole rings is 2. The van der Waals surface area contributed by atoms with Gasteiger partial charge in [0.05, 0.1) is 23.6 Å². The van der Waals surface area contributed by atoms with Crippen LogP contribution in [0.2, 0.25) is 0 Å². The highest BCUT2D eigenvalue weighted by atomic mass is 15.1. The highest BCUT2D eigenvalue weighted by Crippen LogP contribution is 2.24. The smallest absolute Gasteiger partial charge is 0.156 e. The van der Waals surface area contributed by atoms with E-state index in [1.54, 1.807) is 6.20 Å². The van der Waals surface area contributed by atoms with Gasteiger partial charge in [-0.1, -0.05) is 12.1 Å². The molecule has 0 bridgehead atoms. The average molecular weight is 351 g/mol. The van der Waals surface area contributed by atoms with Gasteiger partial charge in [-0.3, -0.25) is 5.10 Å². The van der Waals surface area contributed by atoms with Crippen LogP contribution >= 0.6 is 0 Å². The number of hydrogen-bond donors (Lipinski definition) is 1. The van der Waals surface area contributed by atoms with Gasteiger partial charge in [-0.2, -0.15) is 5.10 Å². The van der Waals surface area contributed by atoms with E-state index in [1.807, 2.05) is 70.1 Å². The Kier molecular flexibility index (Phi) is 2.76. The number of hydrogen-bond acceptors (Lipinski definition) is 4. The normalized spacial score (nSPS) is 11.7. The summed E-state index contributed by atoms with van der Waals surface area (Å²) in [4.78, 5) is 13.9. The van der Waals surface area contributed by atoms with Crippen LogP contribution in [0.5, 0.6) is 0 Å². The number of nitrogens with zero attached hydrogens (tertiary/aromatic N) is 6. The maximum absolute atomic E-state index is 4.70. The van der Waals surface area contributed by atoms with Gasteiger partial charge in [-0.25, -0.2) is 15.0 Å². The van der Waals surface area contributed by atoms with Crippen molar-refractivity contribution in [2.75, 3.05) is 0 Å². The molecule has 0 aliphatic carbocycles. The molecule has 1 aromatic carbocycles. The second kappa shape index (κ2) is 5.25. The minimum Gasteiger partial charge on any atom is -0.306 e. The summed E-state index contributed by atoms with van der Waals surface area (Å²) in [6.07, 6.45) is 11.5. The molecule has 1 N–H and O–H groups in total. The molecule has 0 spiro atoms. The van der Waals surface area contributed by atoms with Gasteiger partial charge in [0.15, 0.2) is 5.65 Å². The molecule has 0 saturated carbocycles. The molecule has 0 amide bonds. The maximum atomic E-state index is 4.70. The second-order valence-corrected chi connectivity index (χ2v) is 6.43. The van der Waals surface area contributed by atoms with E-state index in [2.05, 4.69) is 26.2 Å². The van der Waals surface area contributed by atoms with E-state index in [0.29, 0.717) is 0 Å². The van der Waals surface area contributed by atoms with Crippen LogP contribution in [0, 0.1) is 0 Å². The monoisotopic (exact) mass is 351 g/mol. The van der Waals surface area contributed by atoms with Crippen molar-refractivity contribution in [1.29, 1.82) is 0 Å². The molecule has 7 heteroatoms. The topological polar surface area (TPSA) is 76.2 Å². The Hall–Kier alpha value is -4.00. The molecule has 6 rings (SSSR count). The second-order valence-electron chi connectivity index (χ2n) is 6.43. The number of nitrogens with one attached hydrogen (secondary N) is 1. The minimum atomic E-state index is 0.796. The molecule has 27 heavy (non-hydrogen) atoms. The van der Waals surface area contributed by atoms with Crippen molar-refractivity contribution in [3.05, 3.63) is 73.6 Å². The Morgan fingerprint density at radius 1 is 0.778 bits per heavy atom. The van der Waals surface area contributed by atoms with Gasteiger partial charge >= 0.3 is 0 Å². The number of benzene rings is 1. The van der Waals surface area contributed by atoms with Crippen LogP contribution in [0.3, 0.4) is 0 Å². The van der Waals surface area contributed by atoms with Crippen LogP contribution in [-0.2, 0) is 0 Å². The lowest BCUT2D eigenvalue weighted by Gasteiger charge is -1.97. The van der Waals surface area contributed by atoms with Gasteiger partial charge in [-0.15, -0.1) is 0 Å². The van der Waals surface area contributed by atoms with E-state index in [9.17, 15) is 0 Å². The van der Waals surface area contributed by atoms with Crippen molar-refractivity contribution in [2.45, 2.75) is 0 Å². The summed E-state index contributed by atoms with van der Waals surface area (Å²) in [6.45, 7) is 0. The molecule has 5 aromatic heterocycles. The third kappa shape index (κ3) is 2.22. The van der Waals surface area contributed by atoms with Crippen LogP contribution in [-0.4, -0.2) is 34.0 Å². The van der Waals surface area contributed by atoms with Gasteiger partial charge in [0.25, 0.3) is 0 Å². The van der Waals surface area contributed by atoms with E-state index in [4.69, 9.17) is 4.98 Å². The Labute approximate surface area is 153 Å². The number of aromatic amines is 1. The summed E-state index contributed by atoms with van der Waals surface area (Å²) in [5.74, 6) is 0. The summed E-state index contributed by atoms with van der Waals surface area (Å²) < 4.78 is 3.97. The van der Waals surface area contributed by atoms with E-state index in [-0.39, 0.29) is 0 Å². The number of pyridine rings is 1. The zero-order valence-corrected chi connectivity index (χ0v) is 14.1. The quantitative estimate of drug-likeness (QED) is 0.517. The highest BCUT2D eigenvalue weighted by Gasteiger charge is 2.10. The Morgan fingerprint density at radius 2 is 1.67 bits per heavy atom. The maximum Gasteiger partial charge on any atom is 0.156 e. The van der Waals surface area contributed by atoms with Crippen molar-refractivity contribution in [3.8, 4) is 22.6 Å². The Balaban J connectivity index is 1.46. The highest BCUT2D eigenvalue weighted by molar-refractivity contribution is 5.83. The minimum absolute atomic E-state index is 0.796. The van der Waals surface area contributed by atoms with Gasteiger partial charge in [0.2, 0.25) is 0 Å². The lowest BCUT2D eigenvalue weighted by molar-refractivity contribution is 1.12. The fourth-order valence-corrected chi connectivity index (χ4v) is 3.33. The van der Waals surface area contributed by atoms with Crippen LogP contribution in [0.4, 0.5) is 0 Å². The van der Waals surface area contributed by atoms with Gasteiger partial charge < -0.3 is 8.80 Å². The first kappa shape index (κ1) is 14.2. The zero-order chi connectivity index (χ0) is 17.8. The van der Waals surface area contributed by atoms with E-state index in [1.165, 1.54) is 0 Å². The molecular weight excluding hydrogens is 338 g/mol. The third-order valence-electron chi connectivity index (χ3n) is 4.70. The fraction of sp³-hybridized carbons (Fsp3) is 0. The van der Waals surface area contributed by atoms with Gasteiger partial charge in [0, 0.05) is 35.7 Å². The first-order chi connectivity index (χ1) is 13.3. The summed E-state index contributed by atoms with van der Waals surface area (Å²) >= 11 is 0. The lowest BCUT2D eigenvalue weighted by atomic mass is 10.1. The molecule has 5 heterocycles. The van der Waals surface area contributed by atoms with Crippen LogP contribution < -0.4 is 0 Å². The van der Waals surface area contributed by atoms with E-state index < -0.39 is 0 Å². The molecule has 7 nitrogen and oxygen atoms in total. The number of rotatable bonds is 2. The van der Waals surface area contributed by atoms with Crippen molar-refractivity contribution in [2.24, 2.45) is 0 Å². The molecule has 0 radical (unpaired) electrons. The zero-order valence-electron chi connectivity index (χ0n) is 14.1. The number of fused-ring (bicyclic) bond motifs is 3. The third-order valence-corrected chi connectivity index (χ3v) is 4.70. The lowest BCUT2D eigenvalue weighted by Crippen LogP contribution is -1.89. The number of aromatic nitrogens is 7. The molecule has 0 unspecified atom stereocenters. The fourth-order valence-electron chi connectivity index (χ4n) is 3.33. The Morgan fingerprint density at radius 3 is 2.63 bits per heavy atom. The van der Waals surface area contributed by atoms with Crippen molar-refractivity contribution in [1.82, 2.24) is 34.0 Å². The largest absolute Gasteiger partial charge is 0.306 e. The average Bonchev–Trinajstić information content (AvgIpc) is 3.42. The summed E-state index contributed by atoms with van der Waals surface area (Å²) in [5.41, 5.74) is 6.28. The first-order valence-electron chi connectivity index (χ1n) is 8.56. The van der Waals surface area contributed by atoms with Crippen molar-refractivity contribution < 1.29 is 0 Å². The van der Waals surface area contributed by atoms with E-state index >= 15 is 0 Å². The van der Waals surface area contributed by atoms with Gasteiger partial charge in [-0.05, 0) is 24.3 Å². The van der Waals surface area contributed by atoms with Crippen molar-refractivity contribution >= 4 is 22.2 Å². The first-order valence-corrected chi connectivity index (χ1v) is 8.56. The standard InChI is InChI=1S/C20H13N7/c1-2-6-26-12-18(24-19(26)3-1)17-11-27-10-16(23-20(27)9-21-17)13-4-5-15-14(7-13)8-22-25-15/h1-12H,(H,22,25). The Bertz CT molecular complexity index is 1400. The van der Waals surface area contributed by atoms with Gasteiger partial charge in [0.1, 0.15) is 17.0 Å². The number of H-pyrrole nitrogens is 1. The summed E-state index contributed by atoms with van der Waals surface area (Å²) in [7, 11) is 0. The van der Waals surface area contributed by atoms with Crippen LogP contribution in [0.25, 0.3) is 44.8 Å². The molecule has 0 atom stereocenters. The summed E-state index contributed by atoms with van der Waals surface area (Å²) in [5, 5.41) is 8.10. The summed E-state index contributed by atoms with van der Waals surface area (Å²) in [6, 6.07) is 12.1. The van der Waals surface area contributed by atoms with Crippen LogP contribution in [0.15, 0.2) is 73.6 Å². The molecule has 128 valence electrons. The molecule has 0 saturated heterocycles.